The van der Waals surface area contributed by atoms with E-state index in [1.807, 2.05) is 0 Å². The summed E-state index contributed by atoms with van der Waals surface area (Å²) < 4.78 is 5.00. The monoisotopic (exact) mass is 572 g/mol. The Morgan fingerprint density at radius 1 is 0.422 bits per heavy atom. The number of aromatic nitrogens is 2. The number of nitrogens with zero attached hydrogens (tertiary/aromatic N) is 2. The van der Waals surface area contributed by atoms with Gasteiger partial charge in [-0.25, -0.2) is 0 Å². The van der Waals surface area contributed by atoms with Crippen molar-refractivity contribution in [3.63, 3.8) is 0 Å². The van der Waals surface area contributed by atoms with E-state index in [-0.39, 0.29) is 5.41 Å². The first-order chi connectivity index (χ1) is 22.1. The summed E-state index contributed by atoms with van der Waals surface area (Å²) in [6.45, 7) is 4.73. The Bertz CT molecular complexity index is 2890. The predicted molar refractivity (Wildman–Crippen MR) is 191 cm³/mol. The molecule has 0 saturated heterocycles. The minimum Gasteiger partial charge on any atom is -0.309 e. The van der Waals surface area contributed by atoms with Gasteiger partial charge in [0.15, 0.2) is 0 Å². The molecular formula is C43H28N2. The van der Waals surface area contributed by atoms with Gasteiger partial charge in [0.2, 0.25) is 0 Å². The second-order valence-electron chi connectivity index (χ2n) is 13.3. The molecule has 7 aromatic carbocycles. The van der Waals surface area contributed by atoms with Gasteiger partial charge in [-0.2, -0.15) is 0 Å². The van der Waals surface area contributed by atoms with Crippen molar-refractivity contribution < 1.29 is 0 Å². The zero-order valence-electron chi connectivity index (χ0n) is 25.1. The number of fused-ring (bicyclic) bond motifs is 15. The smallest absolute Gasteiger partial charge is 0.0620 e. The van der Waals surface area contributed by atoms with Crippen molar-refractivity contribution in [3.05, 3.63) is 145 Å². The number of para-hydroxylation sites is 3. The van der Waals surface area contributed by atoms with E-state index in [1.54, 1.807) is 0 Å². The van der Waals surface area contributed by atoms with E-state index in [0.717, 1.165) is 0 Å². The van der Waals surface area contributed by atoms with Crippen LogP contribution < -0.4 is 0 Å². The molecule has 0 amide bonds. The molecule has 0 saturated carbocycles. The molecule has 10 aromatic rings. The summed E-state index contributed by atoms with van der Waals surface area (Å²) in [7, 11) is 0. The molecule has 3 aromatic heterocycles. The predicted octanol–water partition coefficient (Wildman–Crippen LogP) is 11.4. The molecule has 2 heteroatoms. The summed E-state index contributed by atoms with van der Waals surface area (Å²) in [6, 6.07) is 50.0. The molecule has 0 N–H and O–H groups in total. The maximum absolute atomic E-state index is 2.52. The van der Waals surface area contributed by atoms with Gasteiger partial charge in [0, 0.05) is 48.8 Å². The van der Waals surface area contributed by atoms with E-state index >= 15 is 0 Å². The summed E-state index contributed by atoms with van der Waals surface area (Å²) >= 11 is 0. The Balaban J connectivity index is 1.28. The highest BCUT2D eigenvalue weighted by Gasteiger charge is 2.35. The largest absolute Gasteiger partial charge is 0.309 e. The van der Waals surface area contributed by atoms with Gasteiger partial charge in [-0.1, -0.05) is 117 Å². The SMILES string of the molecule is CC1(C)c2ccccc2-c2ccc(-n3c4ccccc4c4ccc5c(ccc6c5c5cccc7c8ccccc8n6c75)c43)cc21. The fourth-order valence-corrected chi connectivity index (χ4v) is 8.89. The molecule has 0 atom stereocenters. The van der Waals surface area contributed by atoms with Crippen LogP contribution in [-0.2, 0) is 5.41 Å². The van der Waals surface area contributed by atoms with Crippen molar-refractivity contribution >= 4 is 70.7 Å². The normalized spacial score (nSPS) is 14.2. The first kappa shape index (κ1) is 23.8. The van der Waals surface area contributed by atoms with Gasteiger partial charge in [-0.3, -0.25) is 0 Å². The van der Waals surface area contributed by atoms with Crippen LogP contribution in [0, 0.1) is 0 Å². The lowest BCUT2D eigenvalue weighted by Crippen LogP contribution is -2.15. The summed E-state index contributed by atoms with van der Waals surface area (Å²) in [6.07, 6.45) is 0. The molecule has 1 aliphatic rings. The molecular weight excluding hydrogens is 544 g/mol. The van der Waals surface area contributed by atoms with Crippen molar-refractivity contribution in [2.45, 2.75) is 19.3 Å². The third-order valence-corrected chi connectivity index (χ3v) is 10.8. The molecule has 0 unspecified atom stereocenters. The van der Waals surface area contributed by atoms with E-state index in [4.69, 9.17) is 0 Å². The van der Waals surface area contributed by atoms with Crippen molar-refractivity contribution in [2.75, 3.05) is 0 Å². The fourth-order valence-electron chi connectivity index (χ4n) is 8.89. The van der Waals surface area contributed by atoms with Crippen LogP contribution >= 0.6 is 0 Å². The highest BCUT2D eigenvalue weighted by molar-refractivity contribution is 6.31. The topological polar surface area (TPSA) is 9.34 Å². The van der Waals surface area contributed by atoms with E-state index in [1.165, 1.54) is 98.6 Å². The summed E-state index contributed by atoms with van der Waals surface area (Å²) in [5.41, 5.74) is 13.1. The fraction of sp³-hybridized carbons (Fsp3) is 0.0698. The van der Waals surface area contributed by atoms with Gasteiger partial charge in [-0.15, -0.1) is 0 Å². The van der Waals surface area contributed by atoms with Crippen LogP contribution in [0.25, 0.3) is 87.5 Å². The molecule has 0 radical (unpaired) electrons. The first-order valence-electron chi connectivity index (χ1n) is 15.9. The second kappa shape index (κ2) is 7.91. The standard InChI is InChI=1S/C43H28N2/c1-43(2)35-15-6-3-10-26(35)27-19-18-25(24-36(27)43)44-37-16-7-4-12-29(37)32-21-20-30-33(41(32)44)22-23-39-40(30)34-14-9-13-31-28-11-5-8-17-38(28)45(39)42(31)34/h3-24H,1-2H3. The van der Waals surface area contributed by atoms with Crippen molar-refractivity contribution in [2.24, 2.45) is 0 Å². The lowest BCUT2D eigenvalue weighted by molar-refractivity contribution is 0.660. The van der Waals surface area contributed by atoms with Gasteiger partial charge in [-0.05, 0) is 58.0 Å². The molecule has 0 spiro atoms. The van der Waals surface area contributed by atoms with Gasteiger partial charge in [0.05, 0.1) is 27.6 Å². The quantitative estimate of drug-likeness (QED) is 0.185. The first-order valence-corrected chi connectivity index (χ1v) is 15.9. The molecule has 0 fully saturated rings. The molecule has 3 heterocycles. The lowest BCUT2D eigenvalue weighted by Gasteiger charge is -2.22. The number of benzene rings is 7. The Hall–Kier alpha value is -5.60. The molecule has 210 valence electrons. The zero-order valence-corrected chi connectivity index (χ0v) is 25.1. The minimum absolute atomic E-state index is 0.0570. The van der Waals surface area contributed by atoms with E-state index < -0.39 is 0 Å². The van der Waals surface area contributed by atoms with Crippen molar-refractivity contribution in [3.8, 4) is 16.8 Å². The third-order valence-electron chi connectivity index (χ3n) is 10.8. The maximum atomic E-state index is 2.52. The van der Waals surface area contributed by atoms with Gasteiger partial charge in [0.25, 0.3) is 0 Å². The molecule has 0 bridgehead atoms. The minimum atomic E-state index is -0.0570. The Labute approximate surface area is 259 Å². The molecule has 1 aliphatic carbocycles. The van der Waals surface area contributed by atoms with E-state index in [0.29, 0.717) is 0 Å². The highest BCUT2D eigenvalue weighted by Crippen LogP contribution is 2.50. The highest BCUT2D eigenvalue weighted by atomic mass is 15.0. The van der Waals surface area contributed by atoms with Gasteiger partial charge < -0.3 is 8.97 Å². The van der Waals surface area contributed by atoms with Crippen LogP contribution in [0.3, 0.4) is 0 Å². The average molecular weight is 573 g/mol. The van der Waals surface area contributed by atoms with Crippen molar-refractivity contribution in [1.29, 1.82) is 0 Å². The molecule has 45 heavy (non-hydrogen) atoms. The summed E-state index contributed by atoms with van der Waals surface area (Å²) in [5.74, 6) is 0. The average Bonchev–Trinajstić information content (AvgIpc) is 3.78. The van der Waals surface area contributed by atoms with Crippen LogP contribution in [0.1, 0.15) is 25.0 Å². The maximum Gasteiger partial charge on any atom is 0.0620 e. The second-order valence-corrected chi connectivity index (χ2v) is 13.3. The Kier molecular flexibility index (Phi) is 4.19. The van der Waals surface area contributed by atoms with Crippen LogP contribution in [0.4, 0.5) is 0 Å². The molecule has 2 nitrogen and oxygen atoms in total. The van der Waals surface area contributed by atoms with Gasteiger partial charge in [0.1, 0.15) is 0 Å². The number of hydrogen-bond donors (Lipinski definition) is 0. The Morgan fingerprint density at radius 3 is 1.93 bits per heavy atom. The Morgan fingerprint density at radius 2 is 1.04 bits per heavy atom. The van der Waals surface area contributed by atoms with Crippen molar-refractivity contribution in [1.82, 2.24) is 8.97 Å². The van der Waals surface area contributed by atoms with E-state index in [2.05, 4.69) is 156 Å². The zero-order chi connectivity index (χ0) is 29.6. The summed E-state index contributed by atoms with van der Waals surface area (Å²) in [4.78, 5) is 0. The summed E-state index contributed by atoms with van der Waals surface area (Å²) in [5, 5.41) is 10.5. The van der Waals surface area contributed by atoms with Gasteiger partial charge >= 0.3 is 0 Å². The van der Waals surface area contributed by atoms with Crippen LogP contribution in [0.15, 0.2) is 133 Å². The van der Waals surface area contributed by atoms with Crippen LogP contribution in [0.2, 0.25) is 0 Å². The third kappa shape index (κ3) is 2.73. The van der Waals surface area contributed by atoms with Crippen LogP contribution in [0.5, 0.6) is 0 Å². The lowest BCUT2D eigenvalue weighted by atomic mass is 9.82. The van der Waals surface area contributed by atoms with Crippen LogP contribution in [-0.4, -0.2) is 8.97 Å². The number of hydrogen-bond acceptors (Lipinski definition) is 0. The molecule has 11 rings (SSSR count). The van der Waals surface area contributed by atoms with E-state index in [9.17, 15) is 0 Å². The number of rotatable bonds is 1. The molecule has 0 aliphatic heterocycles.